The number of likely N-dealkylation sites (tertiary alicyclic amines) is 1. The molecular weight excluding hydrogens is 210 g/mol. The fraction of sp³-hybridized carbons (Fsp3) is 0.500. The molecule has 0 saturated carbocycles. The standard InChI is InChI=1S/C10H13N3O3/c1-12-5-6(4-11-12)9-7(10(15)16)3-8(14)13(9)2/h4-5,7,9H,3H2,1-2H3,(H,15,16)/t7-,9-/m1/s1. The van der Waals surface area contributed by atoms with Crippen LogP contribution in [-0.4, -0.2) is 38.7 Å². The van der Waals surface area contributed by atoms with Gasteiger partial charge in [-0.2, -0.15) is 5.10 Å². The monoisotopic (exact) mass is 223 g/mol. The third-order valence-corrected chi connectivity index (χ3v) is 2.97. The normalized spacial score (nSPS) is 25.1. The van der Waals surface area contributed by atoms with Crippen molar-refractivity contribution < 1.29 is 14.7 Å². The summed E-state index contributed by atoms with van der Waals surface area (Å²) in [6, 6.07) is -0.404. The molecule has 0 unspecified atom stereocenters. The number of amides is 1. The number of carboxylic acid groups (broad SMARTS) is 1. The van der Waals surface area contributed by atoms with E-state index in [0.29, 0.717) is 0 Å². The maximum atomic E-state index is 11.5. The lowest BCUT2D eigenvalue weighted by Crippen LogP contribution is -2.26. The zero-order chi connectivity index (χ0) is 11.9. The van der Waals surface area contributed by atoms with Gasteiger partial charge in [0.2, 0.25) is 5.91 Å². The Morgan fingerprint density at radius 2 is 2.25 bits per heavy atom. The van der Waals surface area contributed by atoms with E-state index in [1.54, 1.807) is 31.2 Å². The first-order valence-electron chi connectivity index (χ1n) is 4.97. The molecule has 1 aliphatic rings. The molecule has 1 saturated heterocycles. The lowest BCUT2D eigenvalue weighted by atomic mass is 9.96. The van der Waals surface area contributed by atoms with Crippen molar-refractivity contribution in [3.63, 3.8) is 0 Å². The van der Waals surface area contributed by atoms with Gasteiger partial charge in [-0.15, -0.1) is 0 Å². The van der Waals surface area contributed by atoms with E-state index in [0.717, 1.165) is 5.56 Å². The predicted molar refractivity (Wildman–Crippen MR) is 54.5 cm³/mol. The van der Waals surface area contributed by atoms with Crippen LogP contribution in [-0.2, 0) is 16.6 Å². The molecule has 0 aliphatic carbocycles. The molecular formula is C10H13N3O3. The summed E-state index contributed by atoms with van der Waals surface area (Å²) in [5, 5.41) is 13.1. The summed E-state index contributed by atoms with van der Waals surface area (Å²) < 4.78 is 1.60. The van der Waals surface area contributed by atoms with E-state index in [1.165, 1.54) is 4.90 Å². The van der Waals surface area contributed by atoms with E-state index < -0.39 is 17.9 Å². The Kier molecular flexibility index (Phi) is 2.41. The number of aliphatic carboxylic acids is 1. The molecule has 0 bridgehead atoms. The van der Waals surface area contributed by atoms with Gasteiger partial charge >= 0.3 is 5.97 Å². The van der Waals surface area contributed by atoms with Crippen molar-refractivity contribution in [2.75, 3.05) is 7.05 Å². The Balaban J connectivity index is 2.36. The maximum Gasteiger partial charge on any atom is 0.309 e. The van der Waals surface area contributed by atoms with Crippen LogP contribution >= 0.6 is 0 Å². The van der Waals surface area contributed by atoms with Gasteiger partial charge in [-0.1, -0.05) is 0 Å². The van der Waals surface area contributed by atoms with Gasteiger partial charge in [-0.25, -0.2) is 0 Å². The van der Waals surface area contributed by atoms with Crippen LogP contribution in [0.4, 0.5) is 0 Å². The predicted octanol–water partition coefficient (Wildman–Crippen LogP) is 0.0241. The smallest absolute Gasteiger partial charge is 0.309 e. The van der Waals surface area contributed by atoms with Gasteiger partial charge < -0.3 is 10.0 Å². The highest BCUT2D eigenvalue weighted by Gasteiger charge is 2.43. The van der Waals surface area contributed by atoms with Gasteiger partial charge in [0.05, 0.1) is 18.2 Å². The number of aryl methyl sites for hydroxylation is 1. The van der Waals surface area contributed by atoms with Gasteiger partial charge in [0.15, 0.2) is 0 Å². The molecule has 86 valence electrons. The third-order valence-electron chi connectivity index (χ3n) is 2.97. The van der Waals surface area contributed by atoms with Crippen molar-refractivity contribution in [1.82, 2.24) is 14.7 Å². The first-order valence-corrected chi connectivity index (χ1v) is 4.97. The van der Waals surface area contributed by atoms with Crippen LogP contribution in [0.1, 0.15) is 18.0 Å². The molecule has 1 aromatic heterocycles. The van der Waals surface area contributed by atoms with Crippen LogP contribution in [0.3, 0.4) is 0 Å². The minimum atomic E-state index is -0.938. The number of carbonyl (C=O) groups is 2. The second-order valence-electron chi connectivity index (χ2n) is 4.05. The van der Waals surface area contributed by atoms with Crippen molar-refractivity contribution in [3.8, 4) is 0 Å². The van der Waals surface area contributed by atoms with Crippen molar-refractivity contribution in [2.45, 2.75) is 12.5 Å². The largest absolute Gasteiger partial charge is 0.481 e. The van der Waals surface area contributed by atoms with Crippen LogP contribution in [0.5, 0.6) is 0 Å². The molecule has 1 amide bonds. The summed E-state index contributed by atoms with van der Waals surface area (Å²) in [7, 11) is 3.39. The van der Waals surface area contributed by atoms with Crippen molar-refractivity contribution in [2.24, 2.45) is 13.0 Å². The fourth-order valence-electron chi connectivity index (χ4n) is 2.14. The minimum absolute atomic E-state index is 0.0609. The number of rotatable bonds is 2. The molecule has 2 atom stereocenters. The molecule has 1 aromatic rings. The SMILES string of the molecule is CN1C(=O)C[C@@H](C(=O)O)[C@H]1c1cnn(C)c1. The van der Waals surface area contributed by atoms with Gasteiger partial charge in [-0.3, -0.25) is 14.3 Å². The van der Waals surface area contributed by atoms with E-state index >= 15 is 0 Å². The van der Waals surface area contributed by atoms with E-state index in [-0.39, 0.29) is 12.3 Å². The topological polar surface area (TPSA) is 75.4 Å². The minimum Gasteiger partial charge on any atom is -0.481 e. The molecule has 0 radical (unpaired) electrons. The Morgan fingerprint density at radius 1 is 1.56 bits per heavy atom. The van der Waals surface area contributed by atoms with Crippen LogP contribution in [0.25, 0.3) is 0 Å². The Hall–Kier alpha value is -1.85. The van der Waals surface area contributed by atoms with Crippen LogP contribution < -0.4 is 0 Å². The number of nitrogens with zero attached hydrogens (tertiary/aromatic N) is 3. The van der Waals surface area contributed by atoms with E-state index in [2.05, 4.69) is 5.10 Å². The number of hydrogen-bond donors (Lipinski definition) is 1. The second kappa shape index (κ2) is 3.62. The third kappa shape index (κ3) is 1.56. The highest BCUT2D eigenvalue weighted by molar-refractivity contribution is 5.87. The first-order chi connectivity index (χ1) is 7.50. The summed E-state index contributed by atoms with van der Waals surface area (Å²) in [5.74, 6) is -1.76. The maximum absolute atomic E-state index is 11.5. The number of aromatic nitrogens is 2. The number of carboxylic acids is 1. The zero-order valence-electron chi connectivity index (χ0n) is 9.12. The van der Waals surface area contributed by atoms with Gasteiger partial charge in [0, 0.05) is 32.3 Å². The molecule has 2 heterocycles. The summed E-state index contributed by atoms with van der Waals surface area (Å²) in [6.07, 6.45) is 3.41. The lowest BCUT2D eigenvalue weighted by molar-refractivity contribution is -0.142. The molecule has 2 rings (SSSR count). The van der Waals surface area contributed by atoms with Crippen molar-refractivity contribution >= 4 is 11.9 Å². The molecule has 0 spiro atoms. The lowest BCUT2D eigenvalue weighted by Gasteiger charge is -2.21. The highest BCUT2D eigenvalue weighted by atomic mass is 16.4. The van der Waals surface area contributed by atoms with E-state index in [9.17, 15) is 9.59 Å². The molecule has 6 heteroatoms. The average molecular weight is 223 g/mol. The molecule has 16 heavy (non-hydrogen) atoms. The summed E-state index contributed by atoms with van der Waals surface area (Å²) in [6.45, 7) is 0. The molecule has 1 aliphatic heterocycles. The quantitative estimate of drug-likeness (QED) is 0.767. The molecule has 6 nitrogen and oxygen atoms in total. The van der Waals surface area contributed by atoms with Crippen LogP contribution in [0.15, 0.2) is 12.4 Å². The van der Waals surface area contributed by atoms with Gasteiger partial charge in [0.25, 0.3) is 0 Å². The Bertz CT molecular complexity index is 440. The number of hydrogen-bond acceptors (Lipinski definition) is 3. The van der Waals surface area contributed by atoms with E-state index in [1.807, 2.05) is 0 Å². The highest BCUT2D eigenvalue weighted by Crippen LogP contribution is 2.36. The summed E-state index contributed by atoms with van der Waals surface area (Å²) in [4.78, 5) is 24.1. The van der Waals surface area contributed by atoms with E-state index in [4.69, 9.17) is 5.11 Å². The second-order valence-corrected chi connectivity index (χ2v) is 4.05. The Morgan fingerprint density at radius 3 is 2.75 bits per heavy atom. The number of carbonyl (C=O) groups excluding carboxylic acids is 1. The summed E-state index contributed by atoms with van der Waals surface area (Å²) >= 11 is 0. The van der Waals surface area contributed by atoms with Gasteiger partial charge in [0.1, 0.15) is 0 Å². The average Bonchev–Trinajstić information content (AvgIpc) is 2.73. The summed E-state index contributed by atoms with van der Waals surface area (Å²) in [5.41, 5.74) is 0.767. The fourth-order valence-corrected chi connectivity index (χ4v) is 2.14. The van der Waals surface area contributed by atoms with Crippen molar-refractivity contribution in [1.29, 1.82) is 0 Å². The molecule has 1 N–H and O–H groups in total. The van der Waals surface area contributed by atoms with Crippen molar-refractivity contribution in [3.05, 3.63) is 18.0 Å². The van der Waals surface area contributed by atoms with Gasteiger partial charge in [-0.05, 0) is 0 Å². The van der Waals surface area contributed by atoms with Crippen LogP contribution in [0, 0.1) is 5.92 Å². The molecule has 0 aromatic carbocycles. The molecule has 1 fully saturated rings. The van der Waals surface area contributed by atoms with Crippen LogP contribution in [0.2, 0.25) is 0 Å². The zero-order valence-corrected chi connectivity index (χ0v) is 9.12. The first kappa shape index (κ1) is 10.7. The Labute approximate surface area is 92.5 Å².